The smallest absolute Gasteiger partial charge is 0.249 e. The molecule has 0 unspecified atom stereocenters. The second-order valence-corrected chi connectivity index (χ2v) is 4.86. The van der Waals surface area contributed by atoms with Crippen LogP contribution in [0.1, 0.15) is 18.4 Å². The van der Waals surface area contributed by atoms with Crippen LogP contribution >= 0.6 is 0 Å². The molecule has 0 radical (unpaired) electrons. The van der Waals surface area contributed by atoms with Crippen LogP contribution in [0.2, 0.25) is 0 Å². The minimum Gasteiger partial charge on any atom is -0.335 e. The highest BCUT2D eigenvalue weighted by Gasteiger charge is 2.23. The second kappa shape index (κ2) is 6.99. The van der Waals surface area contributed by atoms with Gasteiger partial charge >= 0.3 is 0 Å². The summed E-state index contributed by atoms with van der Waals surface area (Å²) in [6.45, 7) is 0.912. The van der Waals surface area contributed by atoms with Gasteiger partial charge in [-0.1, -0.05) is 24.3 Å². The highest BCUT2D eigenvalue weighted by atomic mass is 19.1. The standard InChI is InChI=1S/C15H17FN2O3/c16-13-4-2-1-3-11(13)7-9-18-10-8-12(15(18)20)5-6-14(19)17-21/h1-4,8,21H,5-7,9-10H2,(H,17,19). The number of hydroxylamine groups is 1. The van der Waals surface area contributed by atoms with E-state index < -0.39 is 5.91 Å². The quantitative estimate of drug-likeness (QED) is 0.615. The van der Waals surface area contributed by atoms with Gasteiger partial charge in [0.05, 0.1) is 0 Å². The van der Waals surface area contributed by atoms with E-state index in [4.69, 9.17) is 5.21 Å². The van der Waals surface area contributed by atoms with Crippen molar-refractivity contribution in [3.05, 3.63) is 47.3 Å². The zero-order valence-electron chi connectivity index (χ0n) is 11.5. The largest absolute Gasteiger partial charge is 0.335 e. The molecule has 1 aromatic carbocycles. The van der Waals surface area contributed by atoms with Gasteiger partial charge in [0.2, 0.25) is 11.8 Å². The Morgan fingerprint density at radius 3 is 2.81 bits per heavy atom. The molecule has 2 N–H and O–H groups in total. The van der Waals surface area contributed by atoms with E-state index in [-0.39, 0.29) is 18.1 Å². The molecule has 21 heavy (non-hydrogen) atoms. The molecule has 0 spiro atoms. The third-order valence-corrected chi connectivity index (χ3v) is 3.47. The van der Waals surface area contributed by atoms with Crippen LogP contribution in [-0.4, -0.2) is 35.0 Å². The minimum absolute atomic E-state index is 0.0647. The summed E-state index contributed by atoms with van der Waals surface area (Å²) in [5.74, 6) is -0.914. The fourth-order valence-electron chi connectivity index (χ4n) is 2.26. The Kier molecular flexibility index (Phi) is 5.05. The topological polar surface area (TPSA) is 69.6 Å². The third-order valence-electron chi connectivity index (χ3n) is 3.47. The molecule has 1 aliphatic rings. The van der Waals surface area contributed by atoms with Crippen LogP contribution in [0.5, 0.6) is 0 Å². The summed E-state index contributed by atoms with van der Waals surface area (Å²) in [7, 11) is 0. The Morgan fingerprint density at radius 2 is 2.10 bits per heavy atom. The number of halogens is 1. The van der Waals surface area contributed by atoms with Gasteiger partial charge in [-0.2, -0.15) is 0 Å². The first-order valence-electron chi connectivity index (χ1n) is 6.76. The summed E-state index contributed by atoms with van der Waals surface area (Å²) in [6, 6.07) is 6.50. The normalized spacial score (nSPS) is 14.3. The van der Waals surface area contributed by atoms with E-state index in [0.717, 1.165) is 0 Å². The van der Waals surface area contributed by atoms with Gasteiger partial charge in [0.25, 0.3) is 0 Å². The lowest BCUT2D eigenvalue weighted by molar-refractivity contribution is -0.129. The van der Waals surface area contributed by atoms with Gasteiger partial charge in [-0.25, -0.2) is 9.87 Å². The average Bonchev–Trinajstić information content (AvgIpc) is 2.84. The van der Waals surface area contributed by atoms with E-state index in [1.807, 2.05) is 0 Å². The maximum atomic E-state index is 13.5. The molecule has 0 aromatic heterocycles. The van der Waals surface area contributed by atoms with Gasteiger partial charge in [-0.3, -0.25) is 14.8 Å². The Bertz CT molecular complexity index is 572. The summed E-state index contributed by atoms with van der Waals surface area (Å²) in [5.41, 5.74) is 2.68. The first kappa shape index (κ1) is 15.2. The number of benzene rings is 1. The zero-order valence-corrected chi connectivity index (χ0v) is 11.5. The lowest BCUT2D eigenvalue weighted by atomic mass is 10.1. The van der Waals surface area contributed by atoms with Gasteiger partial charge in [-0.15, -0.1) is 0 Å². The van der Waals surface area contributed by atoms with Crippen LogP contribution in [0, 0.1) is 5.82 Å². The maximum absolute atomic E-state index is 13.5. The number of carbonyl (C=O) groups excluding carboxylic acids is 2. The monoisotopic (exact) mass is 292 g/mol. The lowest BCUT2D eigenvalue weighted by Crippen LogP contribution is -2.29. The van der Waals surface area contributed by atoms with Crippen LogP contribution < -0.4 is 5.48 Å². The van der Waals surface area contributed by atoms with E-state index in [0.29, 0.717) is 37.1 Å². The van der Waals surface area contributed by atoms with E-state index in [1.54, 1.807) is 29.2 Å². The first-order valence-corrected chi connectivity index (χ1v) is 6.76. The zero-order chi connectivity index (χ0) is 15.2. The fourth-order valence-corrected chi connectivity index (χ4v) is 2.26. The fraction of sp³-hybridized carbons (Fsp3) is 0.333. The SMILES string of the molecule is O=C(CCC1=CCN(CCc2ccccc2F)C1=O)NO. The van der Waals surface area contributed by atoms with Gasteiger partial charge in [-0.05, 0) is 24.5 Å². The number of hydrogen-bond acceptors (Lipinski definition) is 3. The molecule has 0 atom stereocenters. The molecular weight excluding hydrogens is 275 g/mol. The van der Waals surface area contributed by atoms with Crippen molar-refractivity contribution < 1.29 is 19.2 Å². The van der Waals surface area contributed by atoms with Crippen LogP contribution in [0.4, 0.5) is 4.39 Å². The van der Waals surface area contributed by atoms with Gasteiger partial charge < -0.3 is 4.90 Å². The van der Waals surface area contributed by atoms with Crippen molar-refractivity contribution in [3.8, 4) is 0 Å². The number of nitrogens with zero attached hydrogens (tertiary/aromatic N) is 1. The molecule has 112 valence electrons. The van der Waals surface area contributed by atoms with Crippen LogP contribution in [-0.2, 0) is 16.0 Å². The van der Waals surface area contributed by atoms with Crippen molar-refractivity contribution in [2.45, 2.75) is 19.3 Å². The third kappa shape index (κ3) is 3.88. The first-order chi connectivity index (χ1) is 10.1. The highest BCUT2D eigenvalue weighted by molar-refractivity contribution is 5.96. The van der Waals surface area contributed by atoms with E-state index >= 15 is 0 Å². The minimum atomic E-state index is -0.520. The van der Waals surface area contributed by atoms with Crippen molar-refractivity contribution in [2.24, 2.45) is 0 Å². The number of rotatable bonds is 6. The molecule has 0 fully saturated rings. The number of carbonyl (C=O) groups is 2. The van der Waals surface area contributed by atoms with Crippen LogP contribution in [0.3, 0.4) is 0 Å². The molecule has 1 aromatic rings. The number of nitrogens with one attached hydrogen (secondary N) is 1. The summed E-state index contributed by atoms with van der Waals surface area (Å²) < 4.78 is 13.5. The molecule has 6 heteroatoms. The van der Waals surface area contributed by atoms with Crippen molar-refractivity contribution in [3.63, 3.8) is 0 Å². The molecule has 0 saturated heterocycles. The summed E-state index contributed by atoms with van der Waals surface area (Å²) >= 11 is 0. The van der Waals surface area contributed by atoms with Gasteiger partial charge in [0.15, 0.2) is 0 Å². The van der Waals surface area contributed by atoms with Crippen molar-refractivity contribution in [1.29, 1.82) is 0 Å². The van der Waals surface area contributed by atoms with Crippen LogP contribution in [0.15, 0.2) is 35.9 Å². The maximum Gasteiger partial charge on any atom is 0.249 e. The highest BCUT2D eigenvalue weighted by Crippen LogP contribution is 2.17. The van der Waals surface area contributed by atoms with Gasteiger partial charge in [0.1, 0.15) is 5.82 Å². The second-order valence-electron chi connectivity index (χ2n) is 4.86. The van der Waals surface area contributed by atoms with Gasteiger partial charge in [0, 0.05) is 25.1 Å². The molecule has 1 aliphatic heterocycles. The Labute approximate surface area is 122 Å². The molecule has 1 heterocycles. The number of hydrogen-bond donors (Lipinski definition) is 2. The van der Waals surface area contributed by atoms with E-state index in [1.165, 1.54) is 11.5 Å². The van der Waals surface area contributed by atoms with Crippen molar-refractivity contribution in [2.75, 3.05) is 13.1 Å². The summed E-state index contributed by atoms with van der Waals surface area (Å²) in [6.07, 6.45) is 2.58. The average molecular weight is 292 g/mol. The molecule has 0 bridgehead atoms. The lowest BCUT2D eigenvalue weighted by Gasteiger charge is -2.16. The molecular formula is C15H17FN2O3. The predicted octanol–water partition coefficient (Wildman–Crippen LogP) is 1.42. The van der Waals surface area contributed by atoms with Crippen molar-refractivity contribution in [1.82, 2.24) is 10.4 Å². The van der Waals surface area contributed by atoms with E-state index in [2.05, 4.69) is 0 Å². The van der Waals surface area contributed by atoms with Crippen LogP contribution in [0.25, 0.3) is 0 Å². The molecule has 0 aliphatic carbocycles. The summed E-state index contributed by atoms with van der Waals surface area (Å²) in [4.78, 5) is 24.7. The molecule has 0 saturated carbocycles. The molecule has 5 nitrogen and oxygen atoms in total. The Morgan fingerprint density at radius 1 is 1.33 bits per heavy atom. The summed E-state index contributed by atoms with van der Waals surface area (Å²) in [5, 5.41) is 8.41. The predicted molar refractivity (Wildman–Crippen MR) is 73.9 cm³/mol. The van der Waals surface area contributed by atoms with Crippen molar-refractivity contribution >= 4 is 11.8 Å². The molecule has 2 rings (SSSR count). The van der Waals surface area contributed by atoms with E-state index in [9.17, 15) is 14.0 Å². The Balaban J connectivity index is 1.84. The Hall–Kier alpha value is -2.21. The number of amides is 2. The molecule has 2 amide bonds.